The maximum Gasteiger partial charge on any atom is 0.306 e. The minimum Gasteiger partial charge on any atom is -0.481 e. The van der Waals surface area contributed by atoms with Gasteiger partial charge >= 0.3 is 5.97 Å². The average molecular weight is 379 g/mol. The van der Waals surface area contributed by atoms with Gasteiger partial charge in [0, 0.05) is 24.5 Å². The van der Waals surface area contributed by atoms with Crippen LogP contribution in [0.15, 0.2) is 24.3 Å². The maximum absolute atomic E-state index is 12.8. The molecule has 0 radical (unpaired) electrons. The molecule has 1 aromatic rings. The van der Waals surface area contributed by atoms with Crippen LogP contribution in [0.2, 0.25) is 5.02 Å². The Bertz CT molecular complexity index is 715. The Kier molecular flexibility index (Phi) is 5.51. The van der Waals surface area contributed by atoms with Crippen molar-refractivity contribution in [2.24, 2.45) is 11.8 Å². The number of hydrogen-bond acceptors (Lipinski definition) is 3. The van der Waals surface area contributed by atoms with Crippen LogP contribution in [0.1, 0.15) is 43.7 Å². The van der Waals surface area contributed by atoms with Gasteiger partial charge in [0.15, 0.2) is 0 Å². The highest BCUT2D eigenvalue weighted by molar-refractivity contribution is 6.30. The van der Waals surface area contributed by atoms with E-state index in [1.165, 1.54) is 0 Å². The minimum atomic E-state index is -0.765. The summed E-state index contributed by atoms with van der Waals surface area (Å²) in [7, 11) is 1.71. The summed E-state index contributed by atoms with van der Waals surface area (Å²) in [6.45, 7) is 0. The first-order valence-corrected chi connectivity index (χ1v) is 9.29. The third-order valence-electron chi connectivity index (χ3n) is 5.54. The smallest absolute Gasteiger partial charge is 0.306 e. The molecular formula is C19H23ClN2O4. The van der Waals surface area contributed by atoms with E-state index in [0.29, 0.717) is 30.7 Å². The molecule has 0 bridgehead atoms. The molecule has 1 aromatic carbocycles. The number of halogens is 1. The number of aliphatic carboxylic acids is 1. The first-order chi connectivity index (χ1) is 12.4. The number of carboxylic acids is 1. The molecule has 1 heterocycles. The standard InChI is InChI=1S/C19H23ClN2O4/c1-22-16(23)10-15(17(22)12-3-2-4-13(20)9-12)18(24)21-14-7-5-11(6-8-14)19(25)26/h2-4,9,11,14-15,17H,5-8,10H2,1H3,(H,21,24)(H,25,26)/t11?,14?,15-,17+/m1/s1. The van der Waals surface area contributed by atoms with Crippen molar-refractivity contribution >= 4 is 29.4 Å². The fraction of sp³-hybridized carbons (Fsp3) is 0.526. The van der Waals surface area contributed by atoms with Gasteiger partial charge in [-0.3, -0.25) is 14.4 Å². The van der Waals surface area contributed by atoms with Crippen LogP contribution in [0.3, 0.4) is 0 Å². The van der Waals surface area contributed by atoms with E-state index in [1.54, 1.807) is 24.1 Å². The van der Waals surface area contributed by atoms with Gasteiger partial charge in [0.2, 0.25) is 11.8 Å². The number of carbonyl (C=O) groups is 3. The lowest BCUT2D eigenvalue weighted by atomic mass is 9.85. The topological polar surface area (TPSA) is 86.7 Å². The fourth-order valence-electron chi connectivity index (χ4n) is 4.04. The second-order valence-electron chi connectivity index (χ2n) is 7.21. The second kappa shape index (κ2) is 7.66. The zero-order valence-corrected chi connectivity index (χ0v) is 15.4. The molecule has 2 fully saturated rings. The molecule has 6 nitrogen and oxygen atoms in total. The Morgan fingerprint density at radius 2 is 1.92 bits per heavy atom. The number of benzene rings is 1. The Morgan fingerprint density at radius 1 is 1.23 bits per heavy atom. The molecule has 0 unspecified atom stereocenters. The molecule has 0 spiro atoms. The number of nitrogens with zero attached hydrogens (tertiary/aromatic N) is 1. The third-order valence-corrected chi connectivity index (χ3v) is 5.77. The van der Waals surface area contributed by atoms with Crippen molar-refractivity contribution in [2.75, 3.05) is 7.05 Å². The summed E-state index contributed by atoms with van der Waals surface area (Å²) in [5.74, 6) is -1.76. The van der Waals surface area contributed by atoms with Crippen LogP contribution in [0.5, 0.6) is 0 Å². The zero-order chi connectivity index (χ0) is 18.8. The molecule has 2 N–H and O–H groups in total. The number of hydrogen-bond donors (Lipinski definition) is 2. The van der Waals surface area contributed by atoms with Crippen molar-refractivity contribution in [3.63, 3.8) is 0 Å². The van der Waals surface area contributed by atoms with Gasteiger partial charge in [-0.1, -0.05) is 23.7 Å². The van der Waals surface area contributed by atoms with Gasteiger partial charge in [0.05, 0.1) is 17.9 Å². The predicted molar refractivity (Wildman–Crippen MR) is 96.6 cm³/mol. The van der Waals surface area contributed by atoms with E-state index in [9.17, 15) is 14.4 Å². The van der Waals surface area contributed by atoms with E-state index in [0.717, 1.165) is 5.56 Å². The summed E-state index contributed by atoms with van der Waals surface area (Å²) in [6, 6.07) is 6.88. The minimum absolute atomic E-state index is 0.0286. The van der Waals surface area contributed by atoms with Gasteiger partial charge in [0.1, 0.15) is 0 Å². The molecule has 1 saturated heterocycles. The van der Waals surface area contributed by atoms with E-state index in [1.807, 2.05) is 12.1 Å². The Labute approximate surface area is 157 Å². The third kappa shape index (κ3) is 3.85. The highest BCUT2D eigenvalue weighted by atomic mass is 35.5. The average Bonchev–Trinajstić information content (AvgIpc) is 2.90. The van der Waals surface area contributed by atoms with E-state index in [-0.39, 0.29) is 36.2 Å². The molecule has 140 valence electrons. The lowest BCUT2D eigenvalue weighted by molar-refractivity contribution is -0.143. The van der Waals surface area contributed by atoms with Gasteiger partial charge in [-0.15, -0.1) is 0 Å². The quantitative estimate of drug-likeness (QED) is 0.843. The predicted octanol–water partition coefficient (Wildman–Crippen LogP) is 2.62. The van der Waals surface area contributed by atoms with Crippen molar-refractivity contribution in [1.82, 2.24) is 10.2 Å². The van der Waals surface area contributed by atoms with Gasteiger partial charge in [-0.25, -0.2) is 0 Å². The Balaban J connectivity index is 1.69. The maximum atomic E-state index is 12.8. The molecule has 3 rings (SSSR count). The number of nitrogens with one attached hydrogen (secondary N) is 1. The number of rotatable bonds is 4. The first-order valence-electron chi connectivity index (χ1n) is 8.91. The molecule has 1 saturated carbocycles. The zero-order valence-electron chi connectivity index (χ0n) is 14.7. The van der Waals surface area contributed by atoms with E-state index in [4.69, 9.17) is 16.7 Å². The molecule has 2 amide bonds. The highest BCUT2D eigenvalue weighted by Crippen LogP contribution is 2.38. The molecule has 2 atom stereocenters. The van der Waals surface area contributed by atoms with Crippen molar-refractivity contribution in [2.45, 2.75) is 44.2 Å². The first kappa shape index (κ1) is 18.7. The largest absolute Gasteiger partial charge is 0.481 e. The molecule has 0 aromatic heterocycles. The molecule has 1 aliphatic carbocycles. The summed E-state index contributed by atoms with van der Waals surface area (Å²) in [4.78, 5) is 37.7. The van der Waals surface area contributed by atoms with Crippen LogP contribution < -0.4 is 5.32 Å². The highest BCUT2D eigenvalue weighted by Gasteiger charge is 2.43. The van der Waals surface area contributed by atoms with Gasteiger partial charge in [-0.2, -0.15) is 0 Å². The lowest BCUT2D eigenvalue weighted by Gasteiger charge is -2.30. The van der Waals surface area contributed by atoms with E-state index >= 15 is 0 Å². The molecule has 1 aliphatic heterocycles. The van der Waals surface area contributed by atoms with E-state index in [2.05, 4.69) is 5.32 Å². The normalized spacial score (nSPS) is 28.8. The summed E-state index contributed by atoms with van der Waals surface area (Å²) >= 11 is 6.08. The van der Waals surface area contributed by atoms with E-state index < -0.39 is 11.9 Å². The molecule has 2 aliphatic rings. The Morgan fingerprint density at radius 3 is 2.54 bits per heavy atom. The molecule has 7 heteroatoms. The van der Waals surface area contributed by atoms with Crippen molar-refractivity contribution in [3.05, 3.63) is 34.9 Å². The van der Waals surface area contributed by atoms with Crippen LogP contribution in [-0.2, 0) is 14.4 Å². The van der Waals surface area contributed by atoms with Crippen molar-refractivity contribution < 1.29 is 19.5 Å². The SMILES string of the molecule is CN1C(=O)C[C@@H](C(=O)NC2CCC(C(=O)O)CC2)[C@@H]1c1cccc(Cl)c1. The summed E-state index contributed by atoms with van der Waals surface area (Å²) in [5.41, 5.74) is 0.848. The van der Waals surface area contributed by atoms with Gasteiger partial charge in [0.25, 0.3) is 0 Å². The Hall–Kier alpha value is -2.08. The number of amides is 2. The second-order valence-corrected chi connectivity index (χ2v) is 7.65. The van der Waals surface area contributed by atoms with Crippen LogP contribution >= 0.6 is 11.6 Å². The van der Waals surface area contributed by atoms with Crippen molar-refractivity contribution in [3.8, 4) is 0 Å². The molecular weight excluding hydrogens is 356 g/mol. The number of carbonyl (C=O) groups excluding carboxylic acids is 2. The van der Waals surface area contributed by atoms with Crippen LogP contribution in [0.4, 0.5) is 0 Å². The lowest BCUT2D eigenvalue weighted by Crippen LogP contribution is -2.42. The van der Waals surface area contributed by atoms with Crippen LogP contribution in [0.25, 0.3) is 0 Å². The van der Waals surface area contributed by atoms with Gasteiger partial charge < -0.3 is 15.3 Å². The number of carboxylic acid groups (broad SMARTS) is 1. The fourth-order valence-corrected chi connectivity index (χ4v) is 4.24. The summed E-state index contributed by atoms with van der Waals surface area (Å²) < 4.78 is 0. The van der Waals surface area contributed by atoms with Gasteiger partial charge in [-0.05, 0) is 43.4 Å². The summed E-state index contributed by atoms with van der Waals surface area (Å²) in [5, 5.41) is 12.7. The van der Waals surface area contributed by atoms with Crippen LogP contribution in [0, 0.1) is 11.8 Å². The summed E-state index contributed by atoms with van der Waals surface area (Å²) in [6.07, 6.45) is 2.62. The molecule has 26 heavy (non-hydrogen) atoms. The van der Waals surface area contributed by atoms with Crippen molar-refractivity contribution in [1.29, 1.82) is 0 Å². The monoisotopic (exact) mass is 378 g/mol. The van der Waals surface area contributed by atoms with Crippen LogP contribution in [-0.4, -0.2) is 40.9 Å². The number of likely N-dealkylation sites (tertiary alicyclic amines) is 1.